The molecule has 0 heterocycles. The second-order valence-electron chi connectivity index (χ2n) is 4.49. The number of carbonyl (C=O) groups excluding carboxylic acids is 1. The van der Waals surface area contributed by atoms with Crippen LogP contribution in [0.15, 0.2) is 24.3 Å². The van der Waals surface area contributed by atoms with E-state index in [4.69, 9.17) is 10.5 Å². The van der Waals surface area contributed by atoms with E-state index in [2.05, 4.69) is 29.8 Å². The molecule has 0 saturated heterocycles. The van der Waals surface area contributed by atoms with Gasteiger partial charge >= 0.3 is 0 Å². The highest BCUT2D eigenvalue weighted by Crippen LogP contribution is 2.30. The van der Waals surface area contributed by atoms with E-state index in [1.165, 1.54) is 0 Å². The van der Waals surface area contributed by atoms with Gasteiger partial charge in [-0.2, -0.15) is 0 Å². The van der Waals surface area contributed by atoms with Gasteiger partial charge in [0.1, 0.15) is 5.75 Å². The van der Waals surface area contributed by atoms with E-state index in [0.717, 1.165) is 18.2 Å². The molecule has 0 aliphatic heterocycles. The second-order valence-corrected chi connectivity index (χ2v) is 5.05. The number of rotatable bonds is 7. The highest BCUT2D eigenvalue weighted by atomic mass is 79.9. The van der Waals surface area contributed by atoms with Crippen molar-refractivity contribution in [1.82, 2.24) is 0 Å². The lowest BCUT2D eigenvalue weighted by Gasteiger charge is -2.29. The van der Waals surface area contributed by atoms with Crippen molar-refractivity contribution in [3.8, 4) is 5.75 Å². The maximum absolute atomic E-state index is 11.3. The standard InChI is InChI=1S/C14H20BrNO2/c1-3-14(4-2,9-15)10-18-12-8-6-5-7-11(12)13(16)17/h5-8H,3-4,9-10H2,1-2H3,(H2,16,17). The molecule has 2 N–H and O–H groups in total. The van der Waals surface area contributed by atoms with Crippen LogP contribution in [0.4, 0.5) is 0 Å². The van der Waals surface area contributed by atoms with Crippen LogP contribution in [0.1, 0.15) is 37.0 Å². The SMILES string of the molecule is CCC(CC)(CBr)COc1ccccc1C(N)=O. The van der Waals surface area contributed by atoms with Crippen LogP contribution in [0.25, 0.3) is 0 Å². The normalized spacial score (nSPS) is 11.3. The van der Waals surface area contributed by atoms with Gasteiger partial charge in [0.05, 0.1) is 12.2 Å². The first-order valence-corrected chi connectivity index (χ1v) is 7.28. The number of nitrogens with two attached hydrogens (primary N) is 1. The molecular formula is C14H20BrNO2. The fourth-order valence-corrected chi connectivity index (χ4v) is 2.66. The Bertz CT molecular complexity index is 394. The molecule has 18 heavy (non-hydrogen) atoms. The Morgan fingerprint density at radius 1 is 1.33 bits per heavy atom. The van der Waals surface area contributed by atoms with Crippen molar-refractivity contribution in [3.63, 3.8) is 0 Å². The zero-order valence-corrected chi connectivity index (χ0v) is 12.5. The molecule has 0 unspecified atom stereocenters. The van der Waals surface area contributed by atoms with Crippen LogP contribution in [0, 0.1) is 5.41 Å². The first kappa shape index (κ1) is 15.0. The summed E-state index contributed by atoms with van der Waals surface area (Å²) < 4.78 is 5.81. The second kappa shape index (κ2) is 6.78. The van der Waals surface area contributed by atoms with Gasteiger partial charge in [0.2, 0.25) is 0 Å². The van der Waals surface area contributed by atoms with Gasteiger partial charge in [-0.25, -0.2) is 0 Å². The summed E-state index contributed by atoms with van der Waals surface area (Å²) in [6, 6.07) is 7.09. The maximum Gasteiger partial charge on any atom is 0.252 e. The average Bonchev–Trinajstić information content (AvgIpc) is 2.41. The molecule has 0 bridgehead atoms. The summed E-state index contributed by atoms with van der Waals surface area (Å²) in [5, 5.41) is 0.881. The summed E-state index contributed by atoms with van der Waals surface area (Å²) in [5.41, 5.74) is 5.86. The van der Waals surface area contributed by atoms with Crippen molar-refractivity contribution in [1.29, 1.82) is 0 Å². The summed E-state index contributed by atoms with van der Waals surface area (Å²) in [7, 11) is 0. The van der Waals surface area contributed by atoms with E-state index in [-0.39, 0.29) is 5.41 Å². The van der Waals surface area contributed by atoms with Crippen LogP contribution >= 0.6 is 15.9 Å². The molecule has 1 aromatic carbocycles. The Morgan fingerprint density at radius 3 is 2.44 bits per heavy atom. The van der Waals surface area contributed by atoms with Gasteiger partial charge in [-0.15, -0.1) is 0 Å². The average molecular weight is 314 g/mol. The number of ether oxygens (including phenoxy) is 1. The third-order valence-electron chi connectivity index (χ3n) is 3.47. The lowest BCUT2D eigenvalue weighted by atomic mass is 9.86. The molecule has 0 fully saturated rings. The van der Waals surface area contributed by atoms with E-state index >= 15 is 0 Å². The molecule has 3 nitrogen and oxygen atoms in total. The Morgan fingerprint density at radius 2 is 1.94 bits per heavy atom. The predicted octanol–water partition coefficient (Wildman–Crippen LogP) is 3.37. The minimum absolute atomic E-state index is 0.102. The van der Waals surface area contributed by atoms with E-state index in [0.29, 0.717) is 17.9 Å². The first-order valence-electron chi connectivity index (χ1n) is 6.16. The van der Waals surface area contributed by atoms with Crippen molar-refractivity contribution in [2.75, 3.05) is 11.9 Å². The van der Waals surface area contributed by atoms with E-state index < -0.39 is 5.91 Å². The van der Waals surface area contributed by atoms with Crippen molar-refractivity contribution in [3.05, 3.63) is 29.8 Å². The van der Waals surface area contributed by atoms with Crippen LogP contribution in [-0.4, -0.2) is 17.8 Å². The number of benzene rings is 1. The lowest BCUT2D eigenvalue weighted by Crippen LogP contribution is -2.29. The summed E-state index contributed by atoms with van der Waals surface area (Å²) in [5.74, 6) is 0.111. The first-order chi connectivity index (χ1) is 8.58. The van der Waals surface area contributed by atoms with Crippen LogP contribution in [0.2, 0.25) is 0 Å². The van der Waals surface area contributed by atoms with Gasteiger partial charge in [0.25, 0.3) is 5.91 Å². The zero-order valence-electron chi connectivity index (χ0n) is 10.9. The minimum atomic E-state index is -0.456. The fraction of sp³-hybridized carbons (Fsp3) is 0.500. The summed E-state index contributed by atoms with van der Waals surface area (Å²) in [4.78, 5) is 11.3. The lowest BCUT2D eigenvalue weighted by molar-refractivity contribution is 0.0990. The number of alkyl halides is 1. The van der Waals surface area contributed by atoms with Crippen LogP contribution < -0.4 is 10.5 Å². The maximum atomic E-state index is 11.3. The molecule has 0 atom stereocenters. The number of hydrogen-bond acceptors (Lipinski definition) is 2. The highest BCUT2D eigenvalue weighted by Gasteiger charge is 2.26. The zero-order chi connectivity index (χ0) is 13.6. The molecule has 4 heteroatoms. The smallest absolute Gasteiger partial charge is 0.252 e. The minimum Gasteiger partial charge on any atom is -0.492 e. The summed E-state index contributed by atoms with van der Waals surface area (Å²) >= 11 is 3.54. The molecular weight excluding hydrogens is 294 g/mol. The third kappa shape index (κ3) is 3.48. The summed E-state index contributed by atoms with van der Waals surface area (Å²) in [6.45, 7) is 4.87. The molecule has 100 valence electrons. The van der Waals surface area contributed by atoms with Crippen molar-refractivity contribution in [2.24, 2.45) is 11.1 Å². The highest BCUT2D eigenvalue weighted by molar-refractivity contribution is 9.09. The molecule has 1 aromatic rings. The number of hydrogen-bond donors (Lipinski definition) is 1. The van der Waals surface area contributed by atoms with Crippen LogP contribution in [-0.2, 0) is 0 Å². The molecule has 0 aliphatic carbocycles. The number of para-hydroxylation sites is 1. The molecule has 0 aromatic heterocycles. The number of carbonyl (C=O) groups is 1. The molecule has 0 saturated carbocycles. The molecule has 0 radical (unpaired) electrons. The quantitative estimate of drug-likeness (QED) is 0.785. The number of primary amides is 1. The van der Waals surface area contributed by atoms with Gasteiger partial charge in [0, 0.05) is 10.7 Å². The topological polar surface area (TPSA) is 52.3 Å². The molecule has 1 amide bonds. The van der Waals surface area contributed by atoms with E-state index in [1.807, 2.05) is 6.07 Å². The fourth-order valence-electron chi connectivity index (χ4n) is 1.71. The van der Waals surface area contributed by atoms with Crippen molar-refractivity contribution in [2.45, 2.75) is 26.7 Å². The van der Waals surface area contributed by atoms with E-state index in [1.54, 1.807) is 18.2 Å². The van der Waals surface area contributed by atoms with Gasteiger partial charge in [0.15, 0.2) is 0 Å². The number of amides is 1. The van der Waals surface area contributed by atoms with Gasteiger partial charge < -0.3 is 10.5 Å². The van der Waals surface area contributed by atoms with Gasteiger partial charge in [-0.05, 0) is 25.0 Å². The predicted molar refractivity (Wildman–Crippen MR) is 77.3 cm³/mol. The van der Waals surface area contributed by atoms with Crippen LogP contribution in [0.5, 0.6) is 5.75 Å². The largest absolute Gasteiger partial charge is 0.492 e. The Kier molecular flexibility index (Phi) is 5.66. The Labute approximate surface area is 117 Å². The third-order valence-corrected chi connectivity index (χ3v) is 4.66. The molecule has 0 aliphatic rings. The Balaban J connectivity index is 2.83. The van der Waals surface area contributed by atoms with Crippen molar-refractivity contribution < 1.29 is 9.53 Å². The van der Waals surface area contributed by atoms with E-state index in [9.17, 15) is 4.79 Å². The molecule has 0 spiro atoms. The van der Waals surface area contributed by atoms with Gasteiger partial charge in [-0.1, -0.05) is 41.9 Å². The Hall–Kier alpha value is -1.03. The summed E-state index contributed by atoms with van der Waals surface area (Å²) in [6.07, 6.45) is 2.04. The number of halogens is 1. The van der Waals surface area contributed by atoms with Crippen molar-refractivity contribution >= 4 is 21.8 Å². The molecule has 1 rings (SSSR count). The monoisotopic (exact) mass is 313 g/mol. The van der Waals surface area contributed by atoms with Gasteiger partial charge in [-0.3, -0.25) is 4.79 Å². The van der Waals surface area contributed by atoms with Crippen LogP contribution in [0.3, 0.4) is 0 Å².